The predicted molar refractivity (Wildman–Crippen MR) is 140 cm³/mol. The SMILES string of the molecule is CC(C)Sc1cc2nc(c1)C[N-][C@@H]1CCCC[C@H]1[N-]CC[N-]C1CCCCC1[N-]C2.[Cl][Mn][Cl]. The molecule has 0 amide bonds. The quantitative estimate of drug-likeness (QED) is 0.274. The molecule has 33 heavy (non-hydrogen) atoms. The van der Waals surface area contributed by atoms with Gasteiger partial charge in [0.15, 0.2) is 0 Å². The Labute approximate surface area is 219 Å². The first-order valence-corrected chi connectivity index (χ1v) is 16.4. The summed E-state index contributed by atoms with van der Waals surface area (Å²) in [6.45, 7) is 7.59. The molecular formula is C24H37Cl2MnN5S-4. The summed E-state index contributed by atoms with van der Waals surface area (Å²) < 4.78 is 0. The van der Waals surface area contributed by atoms with E-state index in [1.807, 2.05) is 11.8 Å². The summed E-state index contributed by atoms with van der Waals surface area (Å²) in [7, 11) is 9.59. The minimum atomic E-state index is 0.00694. The number of rotatable bonds is 2. The molecule has 2 saturated carbocycles. The Kier molecular flexibility index (Phi) is 13.2. The third-order valence-electron chi connectivity index (χ3n) is 6.47. The van der Waals surface area contributed by atoms with Crippen LogP contribution in [-0.4, -0.2) is 47.5 Å². The van der Waals surface area contributed by atoms with E-state index in [1.165, 1.54) is 56.3 Å². The van der Waals surface area contributed by atoms with Crippen molar-refractivity contribution in [3.63, 3.8) is 0 Å². The van der Waals surface area contributed by atoms with Crippen molar-refractivity contribution < 1.29 is 13.1 Å². The number of halogens is 2. The van der Waals surface area contributed by atoms with Crippen LogP contribution in [-0.2, 0) is 26.2 Å². The normalized spacial score (nSPS) is 29.0. The Hall–Kier alpha value is 0.439. The van der Waals surface area contributed by atoms with Crippen molar-refractivity contribution in [3.05, 3.63) is 44.8 Å². The maximum absolute atomic E-state index is 5.10. The number of hydrogen-bond acceptors (Lipinski definition) is 2. The molecule has 0 saturated heterocycles. The molecule has 2 fully saturated rings. The molecule has 0 aromatic carbocycles. The van der Waals surface area contributed by atoms with E-state index in [4.69, 9.17) is 46.4 Å². The van der Waals surface area contributed by atoms with Gasteiger partial charge in [-0.05, 0) is 12.1 Å². The van der Waals surface area contributed by atoms with E-state index in [0.29, 0.717) is 42.5 Å². The number of pyridine rings is 1. The van der Waals surface area contributed by atoms with Crippen molar-refractivity contribution in [1.82, 2.24) is 4.98 Å². The van der Waals surface area contributed by atoms with Gasteiger partial charge in [-0.3, -0.25) is 4.98 Å². The second kappa shape index (κ2) is 15.5. The van der Waals surface area contributed by atoms with Crippen LogP contribution in [0.1, 0.15) is 76.6 Å². The molecule has 0 spiro atoms. The molecule has 2 aliphatic carbocycles. The summed E-state index contributed by atoms with van der Waals surface area (Å²) >= 11 is 1.92. The molecule has 5 nitrogen and oxygen atoms in total. The molecule has 1 aromatic rings. The van der Waals surface area contributed by atoms with Gasteiger partial charge in [0, 0.05) is 21.5 Å². The Morgan fingerprint density at radius 3 is 1.58 bits per heavy atom. The van der Waals surface area contributed by atoms with Crippen LogP contribution in [0.5, 0.6) is 0 Å². The van der Waals surface area contributed by atoms with Gasteiger partial charge in [0.25, 0.3) is 0 Å². The van der Waals surface area contributed by atoms with Gasteiger partial charge in [-0.1, -0.05) is 65.2 Å². The van der Waals surface area contributed by atoms with Gasteiger partial charge in [0.2, 0.25) is 0 Å². The fraction of sp³-hybridized carbons (Fsp3) is 0.792. The van der Waals surface area contributed by atoms with Crippen molar-refractivity contribution in [2.45, 2.75) is 113 Å². The summed E-state index contributed by atoms with van der Waals surface area (Å²) in [6.07, 6.45) is 9.80. The molecule has 2 bridgehead atoms. The number of hydrogen-bond donors (Lipinski definition) is 0. The molecule has 2 heterocycles. The zero-order chi connectivity index (χ0) is 23.5. The minimum absolute atomic E-state index is 0.00694. The molecule has 9 heteroatoms. The summed E-state index contributed by atoms with van der Waals surface area (Å²) in [5.74, 6) is 0. The molecule has 1 aromatic heterocycles. The van der Waals surface area contributed by atoms with Crippen LogP contribution in [0.4, 0.5) is 0 Å². The fourth-order valence-corrected chi connectivity index (χ4v) is 5.98. The number of nitrogens with zero attached hydrogens (tertiary/aromatic N) is 5. The first-order chi connectivity index (χ1) is 16.1. The molecule has 4 atom stereocenters. The standard InChI is InChI=1S/C24H37N5S.2ClH.Mn/c1-17(2)30-20-13-18-15-27-23-9-5-3-7-21(23)25-11-12-26-22-8-4-6-10-24(22)28-16-19(14-20)29-18;;;/h13-14,17,21-24H,3-12,15-16H2,1-2H3;2*1H;/q-4;;;+2/p-2/t21-,22?,23-,24?;;;/m1.../s1. The van der Waals surface area contributed by atoms with Crippen molar-refractivity contribution in [1.29, 1.82) is 0 Å². The Morgan fingerprint density at radius 1 is 0.788 bits per heavy atom. The molecule has 4 rings (SSSR count). The van der Waals surface area contributed by atoms with Gasteiger partial charge in [-0.25, -0.2) is 0 Å². The molecule has 0 radical (unpaired) electrons. The third-order valence-corrected chi connectivity index (χ3v) is 7.45. The van der Waals surface area contributed by atoms with E-state index in [9.17, 15) is 0 Å². The van der Waals surface area contributed by atoms with E-state index in [2.05, 4.69) is 26.0 Å². The molecular weight excluding hydrogens is 516 g/mol. The predicted octanol–water partition coefficient (Wildman–Crippen LogP) is 8.09. The maximum atomic E-state index is 5.10. The third kappa shape index (κ3) is 9.78. The summed E-state index contributed by atoms with van der Waals surface area (Å²) in [6, 6.07) is 5.93. The van der Waals surface area contributed by atoms with Gasteiger partial charge in [0.1, 0.15) is 0 Å². The Morgan fingerprint density at radius 2 is 1.18 bits per heavy atom. The van der Waals surface area contributed by atoms with E-state index < -0.39 is 0 Å². The van der Waals surface area contributed by atoms with Crippen molar-refractivity contribution in [2.75, 3.05) is 13.1 Å². The van der Waals surface area contributed by atoms with Crippen LogP contribution in [0.15, 0.2) is 17.0 Å². The van der Waals surface area contributed by atoms with Crippen molar-refractivity contribution in [3.8, 4) is 0 Å². The number of aromatic nitrogens is 1. The number of fused-ring (bicyclic) bond motifs is 4. The monoisotopic (exact) mass is 552 g/mol. The zero-order valence-corrected chi connectivity index (χ0v) is 23.3. The van der Waals surface area contributed by atoms with Crippen LogP contribution in [0.25, 0.3) is 21.3 Å². The van der Waals surface area contributed by atoms with E-state index in [1.54, 1.807) is 0 Å². The average molecular weight is 554 g/mol. The second-order valence-corrected chi connectivity index (χ2v) is 12.9. The molecule has 3 aliphatic rings. The first-order valence-electron chi connectivity index (χ1n) is 12.3. The summed E-state index contributed by atoms with van der Waals surface area (Å²) in [5, 5.41) is 20.8. The van der Waals surface area contributed by atoms with E-state index >= 15 is 0 Å². The van der Waals surface area contributed by atoms with Crippen LogP contribution in [0.2, 0.25) is 0 Å². The van der Waals surface area contributed by atoms with Gasteiger partial charge in [0.05, 0.1) is 0 Å². The van der Waals surface area contributed by atoms with E-state index in [0.717, 1.165) is 24.5 Å². The van der Waals surface area contributed by atoms with Gasteiger partial charge in [-0.15, -0.1) is 24.9 Å². The first kappa shape index (κ1) is 28.0. The summed E-state index contributed by atoms with van der Waals surface area (Å²) in [4.78, 5) is 6.27. The molecule has 189 valence electrons. The van der Waals surface area contributed by atoms with Crippen LogP contribution >= 0.6 is 32.0 Å². The topological polar surface area (TPSA) is 69.3 Å². The van der Waals surface area contributed by atoms with E-state index in [-0.39, 0.29) is 13.1 Å². The zero-order valence-electron chi connectivity index (χ0n) is 19.8. The van der Waals surface area contributed by atoms with Crippen molar-refractivity contribution >= 4 is 32.0 Å². The van der Waals surface area contributed by atoms with Gasteiger partial charge in [-0.2, -0.15) is 37.3 Å². The van der Waals surface area contributed by atoms with Gasteiger partial charge >= 0.3 is 33.3 Å². The molecule has 2 unspecified atom stereocenters. The van der Waals surface area contributed by atoms with Gasteiger partial charge < -0.3 is 21.3 Å². The summed E-state index contributed by atoms with van der Waals surface area (Å²) in [5.41, 5.74) is 2.19. The molecule has 1 aliphatic heterocycles. The average Bonchev–Trinajstić information content (AvgIpc) is 2.80. The van der Waals surface area contributed by atoms with Crippen LogP contribution in [0, 0.1) is 0 Å². The second-order valence-electron chi connectivity index (χ2n) is 9.34. The van der Waals surface area contributed by atoms with Crippen molar-refractivity contribution in [2.24, 2.45) is 0 Å². The molecule has 0 N–H and O–H groups in total. The number of thioether (sulfide) groups is 1. The fourth-order valence-electron chi connectivity index (χ4n) is 5.03. The Balaban J connectivity index is 0.000000968. The van der Waals surface area contributed by atoms with Crippen LogP contribution in [0.3, 0.4) is 0 Å². The Bertz CT molecular complexity index is 651. The van der Waals surface area contributed by atoms with Crippen LogP contribution < -0.4 is 0 Å².